The fourth-order valence-corrected chi connectivity index (χ4v) is 3.61. The van der Waals surface area contributed by atoms with Crippen molar-refractivity contribution >= 4 is 16.3 Å². The predicted octanol–water partition coefficient (Wildman–Crippen LogP) is 0.911. The van der Waals surface area contributed by atoms with Crippen LogP contribution in [0, 0.1) is 5.41 Å². The number of nitrogens with two attached hydrogens (primary N) is 1. The quantitative estimate of drug-likeness (QED) is 0.804. The van der Waals surface area contributed by atoms with Crippen molar-refractivity contribution in [3.63, 3.8) is 0 Å². The maximum atomic E-state index is 5.68. The molecule has 1 aromatic rings. The number of thiazole rings is 1. The molecule has 0 radical (unpaired) electrons. The van der Waals surface area contributed by atoms with E-state index < -0.39 is 0 Å². The number of hydrogen-bond acceptors (Lipinski definition) is 5. The van der Waals surface area contributed by atoms with Crippen LogP contribution in [0.5, 0.6) is 0 Å². The van der Waals surface area contributed by atoms with E-state index in [9.17, 15) is 0 Å². The van der Waals surface area contributed by atoms with Crippen molar-refractivity contribution in [2.75, 3.05) is 31.9 Å². The number of likely N-dealkylation sites (tertiary alicyclic amines) is 1. The van der Waals surface area contributed by atoms with E-state index in [0.717, 1.165) is 16.6 Å². The second-order valence-electron chi connectivity index (χ2n) is 5.05. The molecule has 3 heterocycles. The van der Waals surface area contributed by atoms with Crippen molar-refractivity contribution in [1.82, 2.24) is 15.2 Å². The normalized spacial score (nSPS) is 24.5. The lowest BCUT2D eigenvalue weighted by Crippen LogP contribution is -2.59. The Kier molecular flexibility index (Phi) is 2.61. The largest absolute Gasteiger partial charge is 0.389 e. The maximum Gasteiger partial charge on any atom is 0.109 e. The van der Waals surface area contributed by atoms with Crippen molar-refractivity contribution in [3.8, 4) is 0 Å². The van der Waals surface area contributed by atoms with Crippen LogP contribution in [0.15, 0.2) is 6.20 Å². The highest BCUT2D eigenvalue weighted by Gasteiger charge is 2.43. The lowest BCUT2D eigenvalue weighted by Gasteiger charge is -2.52. The molecule has 88 valence electrons. The van der Waals surface area contributed by atoms with Crippen LogP contribution in [-0.4, -0.2) is 36.1 Å². The molecule has 2 fully saturated rings. The Morgan fingerprint density at radius 2 is 2.19 bits per heavy atom. The zero-order chi connectivity index (χ0) is 11.0. The molecule has 2 saturated heterocycles. The lowest BCUT2D eigenvalue weighted by atomic mass is 9.72. The van der Waals surface area contributed by atoms with E-state index in [4.69, 9.17) is 5.73 Å². The van der Waals surface area contributed by atoms with E-state index in [0.29, 0.717) is 5.41 Å². The van der Waals surface area contributed by atoms with Crippen LogP contribution in [0.3, 0.4) is 0 Å². The minimum absolute atomic E-state index is 0.619. The molecule has 1 spiro atoms. The number of nitrogens with one attached hydrogen (secondary N) is 1. The number of piperidine rings is 1. The van der Waals surface area contributed by atoms with E-state index in [2.05, 4.69) is 15.2 Å². The summed E-state index contributed by atoms with van der Waals surface area (Å²) in [4.78, 5) is 6.80. The van der Waals surface area contributed by atoms with Gasteiger partial charge in [0.1, 0.15) is 10.0 Å². The topological polar surface area (TPSA) is 54.2 Å². The van der Waals surface area contributed by atoms with Gasteiger partial charge in [-0.15, -0.1) is 11.3 Å². The third-order valence-corrected chi connectivity index (χ3v) is 4.52. The van der Waals surface area contributed by atoms with Crippen LogP contribution in [0.1, 0.15) is 17.8 Å². The summed E-state index contributed by atoms with van der Waals surface area (Å²) in [6, 6.07) is 0. The Morgan fingerprint density at radius 3 is 2.81 bits per heavy atom. The molecule has 2 aliphatic rings. The molecule has 3 rings (SSSR count). The van der Waals surface area contributed by atoms with Gasteiger partial charge in [0, 0.05) is 13.1 Å². The van der Waals surface area contributed by atoms with Crippen molar-refractivity contribution in [1.29, 1.82) is 0 Å². The van der Waals surface area contributed by atoms with Gasteiger partial charge in [0.15, 0.2) is 0 Å². The molecule has 0 saturated carbocycles. The molecule has 0 unspecified atom stereocenters. The average Bonchev–Trinajstić information content (AvgIpc) is 2.63. The Hall–Kier alpha value is -0.650. The van der Waals surface area contributed by atoms with E-state index in [1.54, 1.807) is 17.5 Å². The third kappa shape index (κ3) is 1.95. The molecular weight excluding hydrogens is 220 g/mol. The summed E-state index contributed by atoms with van der Waals surface area (Å²) < 4.78 is 0. The second kappa shape index (κ2) is 3.98. The molecule has 0 amide bonds. The fraction of sp³-hybridized carbons (Fsp3) is 0.727. The van der Waals surface area contributed by atoms with Gasteiger partial charge < -0.3 is 11.1 Å². The highest BCUT2D eigenvalue weighted by molar-refractivity contribution is 7.15. The number of nitrogen functional groups attached to an aromatic ring is 1. The van der Waals surface area contributed by atoms with Crippen LogP contribution < -0.4 is 11.1 Å². The van der Waals surface area contributed by atoms with Gasteiger partial charge in [0.05, 0.1) is 12.7 Å². The summed E-state index contributed by atoms with van der Waals surface area (Å²) in [5.41, 5.74) is 6.30. The fourth-order valence-electron chi connectivity index (χ4n) is 2.88. The molecule has 16 heavy (non-hydrogen) atoms. The summed E-state index contributed by atoms with van der Waals surface area (Å²) in [5, 5.41) is 5.41. The first-order valence-corrected chi connectivity index (χ1v) is 6.71. The SMILES string of the molecule is Nc1cnc(CN2CC3(CCNCC3)C2)s1. The van der Waals surface area contributed by atoms with Gasteiger partial charge in [-0.05, 0) is 31.3 Å². The van der Waals surface area contributed by atoms with Gasteiger partial charge in [0.25, 0.3) is 0 Å². The van der Waals surface area contributed by atoms with Crippen molar-refractivity contribution in [3.05, 3.63) is 11.2 Å². The smallest absolute Gasteiger partial charge is 0.109 e. The monoisotopic (exact) mass is 238 g/mol. The molecule has 4 nitrogen and oxygen atoms in total. The summed E-state index contributed by atoms with van der Waals surface area (Å²) in [6.45, 7) is 5.86. The molecule has 0 bridgehead atoms. The standard InChI is InChI=1S/C11H18N4S/c12-9-5-14-10(16-9)6-15-7-11(8-15)1-3-13-4-2-11/h5,13H,1-4,6-8,12H2. The predicted molar refractivity (Wildman–Crippen MR) is 66.3 cm³/mol. The first-order valence-electron chi connectivity index (χ1n) is 5.89. The van der Waals surface area contributed by atoms with E-state index in [1.807, 2.05) is 0 Å². The number of aromatic nitrogens is 1. The first kappa shape index (κ1) is 10.5. The number of hydrogen-bond donors (Lipinski definition) is 2. The number of nitrogens with zero attached hydrogens (tertiary/aromatic N) is 2. The van der Waals surface area contributed by atoms with E-state index >= 15 is 0 Å². The van der Waals surface area contributed by atoms with Gasteiger partial charge >= 0.3 is 0 Å². The van der Waals surface area contributed by atoms with Crippen molar-refractivity contribution in [2.24, 2.45) is 5.41 Å². The molecule has 0 aromatic carbocycles. The van der Waals surface area contributed by atoms with Crippen LogP contribution in [-0.2, 0) is 6.54 Å². The summed E-state index contributed by atoms with van der Waals surface area (Å²) in [5.74, 6) is 0. The molecule has 1 aromatic heterocycles. The van der Waals surface area contributed by atoms with Crippen LogP contribution in [0.4, 0.5) is 5.00 Å². The van der Waals surface area contributed by atoms with Crippen LogP contribution >= 0.6 is 11.3 Å². The van der Waals surface area contributed by atoms with Gasteiger partial charge in [-0.25, -0.2) is 4.98 Å². The Balaban J connectivity index is 1.53. The molecule has 5 heteroatoms. The van der Waals surface area contributed by atoms with Gasteiger partial charge in [-0.3, -0.25) is 4.90 Å². The van der Waals surface area contributed by atoms with Gasteiger partial charge in [-0.2, -0.15) is 0 Å². The van der Waals surface area contributed by atoms with E-state index in [-0.39, 0.29) is 0 Å². The Labute approximate surface area is 99.8 Å². The van der Waals surface area contributed by atoms with Crippen LogP contribution in [0.2, 0.25) is 0 Å². The molecular formula is C11H18N4S. The molecule has 2 aliphatic heterocycles. The van der Waals surface area contributed by atoms with Crippen molar-refractivity contribution < 1.29 is 0 Å². The summed E-state index contributed by atoms with van der Waals surface area (Å²) >= 11 is 1.61. The molecule has 0 aliphatic carbocycles. The van der Waals surface area contributed by atoms with Gasteiger partial charge in [0.2, 0.25) is 0 Å². The van der Waals surface area contributed by atoms with E-state index in [1.165, 1.54) is 39.0 Å². The lowest BCUT2D eigenvalue weighted by molar-refractivity contribution is -0.0282. The second-order valence-corrected chi connectivity index (χ2v) is 6.20. The summed E-state index contributed by atoms with van der Waals surface area (Å²) in [7, 11) is 0. The average molecular weight is 238 g/mol. The number of anilines is 1. The zero-order valence-electron chi connectivity index (χ0n) is 9.41. The van der Waals surface area contributed by atoms with Gasteiger partial charge in [-0.1, -0.05) is 0 Å². The van der Waals surface area contributed by atoms with Crippen LogP contribution in [0.25, 0.3) is 0 Å². The maximum absolute atomic E-state index is 5.68. The minimum atomic E-state index is 0.619. The third-order valence-electron chi connectivity index (χ3n) is 3.71. The summed E-state index contributed by atoms with van der Waals surface area (Å²) in [6.07, 6.45) is 4.44. The number of rotatable bonds is 2. The zero-order valence-corrected chi connectivity index (χ0v) is 10.2. The van der Waals surface area contributed by atoms with Crippen molar-refractivity contribution in [2.45, 2.75) is 19.4 Å². The Bertz CT molecular complexity index is 362. The first-order chi connectivity index (χ1) is 7.76. The Morgan fingerprint density at radius 1 is 1.44 bits per heavy atom. The minimum Gasteiger partial charge on any atom is -0.389 e. The molecule has 0 atom stereocenters. The molecule has 3 N–H and O–H groups in total. The highest BCUT2D eigenvalue weighted by Crippen LogP contribution is 2.39. The highest BCUT2D eigenvalue weighted by atomic mass is 32.1.